The molecule has 1 N–H and O–H groups in total. The number of carbonyl (C=O) groups is 2. The van der Waals surface area contributed by atoms with Crippen molar-refractivity contribution in [3.8, 4) is 0 Å². The van der Waals surface area contributed by atoms with Gasteiger partial charge in [0.25, 0.3) is 0 Å². The van der Waals surface area contributed by atoms with Crippen LogP contribution in [0.15, 0.2) is 36.1 Å². The first-order chi connectivity index (χ1) is 9.13. The van der Waals surface area contributed by atoms with Gasteiger partial charge in [0.2, 0.25) is 5.76 Å². The number of aliphatic hydroxyl groups excluding tert-OH is 1. The van der Waals surface area contributed by atoms with Crippen molar-refractivity contribution in [3.05, 3.63) is 41.7 Å². The number of rotatable bonds is 4. The Morgan fingerprint density at radius 1 is 1.37 bits per heavy atom. The molecule has 2 rings (SSSR count). The van der Waals surface area contributed by atoms with Crippen LogP contribution in [-0.2, 0) is 19.1 Å². The minimum Gasteiger partial charge on any atom is -0.502 e. The highest BCUT2D eigenvalue weighted by Gasteiger charge is 2.35. The molecule has 0 saturated heterocycles. The van der Waals surface area contributed by atoms with Crippen LogP contribution in [0.2, 0.25) is 0 Å². The summed E-state index contributed by atoms with van der Waals surface area (Å²) in [5.41, 5.74) is 1.13. The molecule has 5 nitrogen and oxygen atoms in total. The number of ether oxygens (including phenoxy) is 2. The first kappa shape index (κ1) is 13.1. The Labute approximate surface area is 110 Å². The van der Waals surface area contributed by atoms with E-state index in [9.17, 15) is 14.7 Å². The predicted octanol–water partition coefficient (Wildman–Crippen LogP) is 1.83. The smallest absolute Gasteiger partial charge is 0.374 e. The topological polar surface area (TPSA) is 72.8 Å². The van der Waals surface area contributed by atoms with E-state index in [2.05, 4.69) is 4.74 Å². The molecular weight excluding hydrogens is 248 g/mol. The van der Waals surface area contributed by atoms with Crippen molar-refractivity contribution in [1.29, 1.82) is 0 Å². The lowest BCUT2D eigenvalue weighted by Crippen LogP contribution is -2.14. The second kappa shape index (κ2) is 5.56. The Hall–Kier alpha value is -2.30. The van der Waals surface area contributed by atoms with Crippen molar-refractivity contribution < 1.29 is 24.2 Å². The molecule has 0 aromatic heterocycles. The van der Waals surface area contributed by atoms with E-state index in [1.54, 1.807) is 24.3 Å². The molecule has 1 atom stereocenters. The first-order valence-electron chi connectivity index (χ1n) is 5.90. The van der Waals surface area contributed by atoms with Gasteiger partial charge in [-0.1, -0.05) is 30.3 Å². The number of methoxy groups -OCH3 is 1. The van der Waals surface area contributed by atoms with E-state index in [-0.39, 0.29) is 24.6 Å². The number of esters is 2. The van der Waals surface area contributed by atoms with Gasteiger partial charge in [-0.2, -0.15) is 0 Å². The molecule has 0 bridgehead atoms. The summed E-state index contributed by atoms with van der Waals surface area (Å²) in [6.07, 6.45) is -0.209. The fourth-order valence-corrected chi connectivity index (χ4v) is 2.00. The van der Waals surface area contributed by atoms with E-state index in [0.717, 1.165) is 0 Å². The third-order valence-electron chi connectivity index (χ3n) is 2.94. The summed E-state index contributed by atoms with van der Waals surface area (Å²) < 4.78 is 9.61. The summed E-state index contributed by atoms with van der Waals surface area (Å²) in [6, 6.07) is 8.99. The molecule has 1 heterocycles. The number of benzene rings is 1. The Morgan fingerprint density at radius 3 is 2.68 bits per heavy atom. The summed E-state index contributed by atoms with van der Waals surface area (Å²) in [4.78, 5) is 22.6. The van der Waals surface area contributed by atoms with E-state index in [4.69, 9.17) is 4.74 Å². The van der Waals surface area contributed by atoms with Crippen molar-refractivity contribution in [1.82, 2.24) is 0 Å². The Kier molecular flexibility index (Phi) is 3.85. The maximum Gasteiger partial charge on any atom is 0.374 e. The molecule has 1 aromatic carbocycles. The van der Waals surface area contributed by atoms with Gasteiger partial charge in [0.15, 0.2) is 0 Å². The Morgan fingerprint density at radius 2 is 2.05 bits per heavy atom. The second-order valence-electron chi connectivity index (χ2n) is 4.14. The lowest BCUT2D eigenvalue weighted by Gasteiger charge is -2.13. The highest BCUT2D eigenvalue weighted by molar-refractivity contribution is 6.00. The maximum absolute atomic E-state index is 11.4. The SMILES string of the molecule is COC(=O)CCC1OC(=O)C(O)=C1c1ccccc1. The van der Waals surface area contributed by atoms with Crippen LogP contribution in [0.25, 0.3) is 5.57 Å². The quantitative estimate of drug-likeness (QED) is 0.838. The van der Waals surface area contributed by atoms with Gasteiger partial charge in [-0.3, -0.25) is 4.79 Å². The molecule has 0 amide bonds. The molecular formula is C14H14O5. The van der Waals surface area contributed by atoms with E-state index >= 15 is 0 Å². The predicted molar refractivity (Wildman–Crippen MR) is 67.1 cm³/mol. The van der Waals surface area contributed by atoms with Crippen molar-refractivity contribution in [2.75, 3.05) is 7.11 Å². The van der Waals surface area contributed by atoms with Crippen molar-refractivity contribution in [2.24, 2.45) is 0 Å². The second-order valence-corrected chi connectivity index (χ2v) is 4.14. The molecule has 1 aliphatic heterocycles. The first-order valence-corrected chi connectivity index (χ1v) is 5.90. The van der Waals surface area contributed by atoms with Gasteiger partial charge in [-0.25, -0.2) is 4.79 Å². The monoisotopic (exact) mass is 262 g/mol. The van der Waals surface area contributed by atoms with Gasteiger partial charge in [-0.05, 0) is 12.0 Å². The van der Waals surface area contributed by atoms with Crippen LogP contribution in [0.3, 0.4) is 0 Å². The lowest BCUT2D eigenvalue weighted by molar-refractivity contribution is -0.145. The van der Waals surface area contributed by atoms with Crippen LogP contribution in [0.4, 0.5) is 0 Å². The number of carbonyl (C=O) groups excluding carboxylic acids is 2. The summed E-state index contributed by atoms with van der Waals surface area (Å²) in [5.74, 6) is -1.52. The normalized spacial score (nSPS) is 18.4. The van der Waals surface area contributed by atoms with Crippen LogP contribution in [0.1, 0.15) is 18.4 Å². The van der Waals surface area contributed by atoms with Gasteiger partial charge < -0.3 is 14.6 Å². The summed E-state index contributed by atoms with van der Waals surface area (Å²) >= 11 is 0. The lowest BCUT2D eigenvalue weighted by atomic mass is 9.97. The molecule has 0 radical (unpaired) electrons. The summed E-state index contributed by atoms with van der Waals surface area (Å²) in [7, 11) is 1.30. The zero-order valence-corrected chi connectivity index (χ0v) is 10.5. The minimum absolute atomic E-state index is 0.123. The zero-order valence-electron chi connectivity index (χ0n) is 10.5. The van der Waals surface area contributed by atoms with Gasteiger partial charge in [-0.15, -0.1) is 0 Å². The van der Waals surface area contributed by atoms with Gasteiger partial charge in [0.1, 0.15) is 6.10 Å². The molecule has 1 aliphatic rings. The van der Waals surface area contributed by atoms with Crippen LogP contribution in [0.5, 0.6) is 0 Å². The molecule has 1 aromatic rings. The summed E-state index contributed by atoms with van der Waals surface area (Å²) in [5, 5.41) is 9.79. The highest BCUT2D eigenvalue weighted by atomic mass is 16.6. The van der Waals surface area contributed by atoms with E-state index in [1.165, 1.54) is 7.11 Å². The summed E-state index contributed by atoms with van der Waals surface area (Å²) in [6.45, 7) is 0. The maximum atomic E-state index is 11.4. The fraction of sp³-hybridized carbons (Fsp3) is 0.286. The van der Waals surface area contributed by atoms with Crippen LogP contribution >= 0.6 is 0 Å². The molecule has 0 saturated carbocycles. The van der Waals surface area contributed by atoms with E-state index in [0.29, 0.717) is 11.1 Å². The third kappa shape index (κ3) is 2.76. The highest BCUT2D eigenvalue weighted by Crippen LogP contribution is 2.32. The Bertz CT molecular complexity index is 518. The van der Waals surface area contributed by atoms with Crippen molar-refractivity contribution >= 4 is 17.5 Å². The standard InChI is InChI=1S/C14H14O5/c1-18-11(15)8-7-10-12(13(16)14(17)19-10)9-5-3-2-4-6-9/h2-6,10,16H,7-8H2,1H3. The van der Waals surface area contributed by atoms with Gasteiger partial charge in [0.05, 0.1) is 7.11 Å². The zero-order chi connectivity index (χ0) is 13.8. The number of hydrogen-bond acceptors (Lipinski definition) is 5. The molecule has 1 unspecified atom stereocenters. The van der Waals surface area contributed by atoms with Crippen LogP contribution in [-0.4, -0.2) is 30.3 Å². The van der Waals surface area contributed by atoms with Gasteiger partial charge in [0, 0.05) is 12.0 Å². The third-order valence-corrected chi connectivity index (χ3v) is 2.94. The average molecular weight is 262 g/mol. The number of aliphatic hydroxyl groups is 1. The number of cyclic esters (lactones) is 1. The average Bonchev–Trinajstić information content (AvgIpc) is 2.72. The fourth-order valence-electron chi connectivity index (χ4n) is 2.00. The van der Waals surface area contributed by atoms with Crippen molar-refractivity contribution in [2.45, 2.75) is 18.9 Å². The molecule has 19 heavy (non-hydrogen) atoms. The van der Waals surface area contributed by atoms with Crippen molar-refractivity contribution in [3.63, 3.8) is 0 Å². The van der Waals surface area contributed by atoms with Crippen LogP contribution < -0.4 is 0 Å². The largest absolute Gasteiger partial charge is 0.502 e. The van der Waals surface area contributed by atoms with Gasteiger partial charge >= 0.3 is 11.9 Å². The van der Waals surface area contributed by atoms with E-state index < -0.39 is 12.1 Å². The molecule has 0 aliphatic carbocycles. The van der Waals surface area contributed by atoms with Crippen LogP contribution in [0, 0.1) is 0 Å². The Balaban J connectivity index is 2.21. The van der Waals surface area contributed by atoms with E-state index in [1.807, 2.05) is 6.07 Å². The molecule has 0 fully saturated rings. The number of hydrogen-bond donors (Lipinski definition) is 1. The molecule has 0 spiro atoms. The molecule has 100 valence electrons. The molecule has 5 heteroatoms. The minimum atomic E-state index is -0.756.